The highest BCUT2D eigenvalue weighted by Crippen LogP contribution is 2.21. The van der Waals surface area contributed by atoms with Crippen LogP contribution in [0.25, 0.3) is 0 Å². The molecule has 1 aliphatic heterocycles. The summed E-state index contributed by atoms with van der Waals surface area (Å²) in [6.07, 6.45) is 4.68. The van der Waals surface area contributed by atoms with Gasteiger partial charge in [0.1, 0.15) is 0 Å². The van der Waals surface area contributed by atoms with Gasteiger partial charge < -0.3 is 16.0 Å². The number of nitrogens with zero attached hydrogens (tertiary/aromatic N) is 1. The summed E-state index contributed by atoms with van der Waals surface area (Å²) < 4.78 is 0. The van der Waals surface area contributed by atoms with E-state index in [1.165, 1.54) is 12.8 Å². The lowest BCUT2D eigenvalue weighted by Gasteiger charge is -2.21. The Morgan fingerprint density at radius 2 is 2.05 bits per heavy atom. The predicted molar refractivity (Wildman–Crippen MR) is 79.1 cm³/mol. The Morgan fingerprint density at radius 3 is 2.74 bits per heavy atom. The Bertz CT molecular complexity index is 416. The summed E-state index contributed by atoms with van der Waals surface area (Å²) in [4.78, 5) is 14.1. The molecule has 1 fully saturated rings. The number of benzene rings is 1. The van der Waals surface area contributed by atoms with Gasteiger partial charge in [0, 0.05) is 24.5 Å². The number of likely N-dealkylation sites (tertiary alicyclic amines) is 1. The highest BCUT2D eigenvalue weighted by atomic mass is 16.2. The molecule has 104 valence electrons. The molecule has 3 N–H and O–H groups in total. The Hall–Kier alpha value is -1.71. The van der Waals surface area contributed by atoms with Gasteiger partial charge in [-0.3, -0.25) is 0 Å². The molecule has 1 aromatic rings. The van der Waals surface area contributed by atoms with Gasteiger partial charge in [-0.1, -0.05) is 13.3 Å². The second-order valence-corrected chi connectivity index (χ2v) is 5.24. The quantitative estimate of drug-likeness (QED) is 0.802. The fourth-order valence-electron chi connectivity index (χ4n) is 2.55. The van der Waals surface area contributed by atoms with Crippen molar-refractivity contribution in [2.75, 3.05) is 24.1 Å². The van der Waals surface area contributed by atoms with E-state index in [0.717, 1.165) is 37.5 Å². The van der Waals surface area contributed by atoms with Crippen LogP contribution in [0.1, 0.15) is 32.6 Å². The number of rotatable bonds is 2. The van der Waals surface area contributed by atoms with Crippen molar-refractivity contribution in [3.63, 3.8) is 0 Å². The van der Waals surface area contributed by atoms with Crippen LogP contribution in [-0.4, -0.2) is 24.0 Å². The van der Waals surface area contributed by atoms with Crippen LogP contribution < -0.4 is 11.1 Å². The first-order valence-corrected chi connectivity index (χ1v) is 7.10. The van der Waals surface area contributed by atoms with Gasteiger partial charge in [-0.15, -0.1) is 0 Å². The molecule has 0 aliphatic carbocycles. The average molecular weight is 261 g/mol. The van der Waals surface area contributed by atoms with Gasteiger partial charge in [0.2, 0.25) is 0 Å². The number of amides is 2. The fraction of sp³-hybridized carbons (Fsp3) is 0.533. The molecule has 1 aliphatic rings. The summed E-state index contributed by atoms with van der Waals surface area (Å²) in [5.74, 6) is 0.773. The Balaban J connectivity index is 1.90. The molecule has 1 atom stereocenters. The molecule has 2 amide bonds. The first kappa shape index (κ1) is 13.7. The SMILES string of the molecule is CCC1CCCN(C(=O)Nc2ccc(N)cc2)CC1. The van der Waals surface area contributed by atoms with Crippen molar-refractivity contribution in [2.24, 2.45) is 5.92 Å². The van der Waals surface area contributed by atoms with E-state index in [4.69, 9.17) is 5.73 Å². The van der Waals surface area contributed by atoms with Crippen molar-refractivity contribution in [2.45, 2.75) is 32.6 Å². The van der Waals surface area contributed by atoms with Gasteiger partial charge in [-0.2, -0.15) is 0 Å². The number of nitrogens with one attached hydrogen (secondary N) is 1. The zero-order valence-electron chi connectivity index (χ0n) is 11.6. The third kappa shape index (κ3) is 3.88. The minimum atomic E-state index is 0.00141. The fourth-order valence-corrected chi connectivity index (χ4v) is 2.55. The normalized spacial score (nSPS) is 19.8. The van der Waals surface area contributed by atoms with Crippen molar-refractivity contribution in [1.29, 1.82) is 0 Å². The number of urea groups is 1. The maximum absolute atomic E-state index is 12.2. The van der Waals surface area contributed by atoms with Crippen LogP contribution in [0.4, 0.5) is 16.2 Å². The van der Waals surface area contributed by atoms with Gasteiger partial charge in [-0.25, -0.2) is 4.79 Å². The Kier molecular flexibility index (Phi) is 4.66. The average Bonchev–Trinajstić information content (AvgIpc) is 2.66. The van der Waals surface area contributed by atoms with Gasteiger partial charge in [0.25, 0.3) is 0 Å². The van der Waals surface area contributed by atoms with Crippen LogP contribution in [0, 0.1) is 5.92 Å². The third-order valence-corrected chi connectivity index (χ3v) is 3.87. The van der Waals surface area contributed by atoms with Crippen LogP contribution >= 0.6 is 0 Å². The Labute approximate surface area is 115 Å². The van der Waals surface area contributed by atoms with E-state index in [-0.39, 0.29) is 6.03 Å². The van der Waals surface area contributed by atoms with Crippen LogP contribution in [0.3, 0.4) is 0 Å². The summed E-state index contributed by atoms with van der Waals surface area (Å²) in [6, 6.07) is 7.26. The van der Waals surface area contributed by atoms with Crippen LogP contribution in [0.2, 0.25) is 0 Å². The van der Waals surface area contributed by atoms with Crippen molar-refractivity contribution in [3.8, 4) is 0 Å². The van der Waals surface area contributed by atoms with E-state index < -0.39 is 0 Å². The van der Waals surface area contributed by atoms with E-state index in [1.807, 2.05) is 17.0 Å². The second kappa shape index (κ2) is 6.45. The van der Waals surface area contributed by atoms with E-state index in [1.54, 1.807) is 12.1 Å². The molecular weight excluding hydrogens is 238 g/mol. The van der Waals surface area contributed by atoms with Gasteiger partial charge in [-0.05, 0) is 49.4 Å². The lowest BCUT2D eigenvalue weighted by molar-refractivity contribution is 0.213. The molecule has 1 saturated heterocycles. The standard InChI is InChI=1S/C15H23N3O/c1-2-12-4-3-10-18(11-9-12)15(19)17-14-7-5-13(16)6-8-14/h5-8,12H,2-4,9-11,16H2,1H3,(H,17,19). The van der Waals surface area contributed by atoms with E-state index in [0.29, 0.717) is 5.69 Å². The highest BCUT2D eigenvalue weighted by molar-refractivity contribution is 5.89. The number of nitrogens with two attached hydrogens (primary N) is 1. The van der Waals surface area contributed by atoms with Crippen molar-refractivity contribution in [3.05, 3.63) is 24.3 Å². The zero-order valence-corrected chi connectivity index (χ0v) is 11.6. The first-order valence-electron chi connectivity index (χ1n) is 7.10. The van der Waals surface area contributed by atoms with E-state index in [9.17, 15) is 4.79 Å². The summed E-state index contributed by atoms with van der Waals surface area (Å²) in [5.41, 5.74) is 7.14. The maximum atomic E-state index is 12.2. The molecular formula is C15H23N3O. The molecule has 19 heavy (non-hydrogen) atoms. The number of carbonyl (C=O) groups is 1. The second-order valence-electron chi connectivity index (χ2n) is 5.24. The minimum absolute atomic E-state index is 0.00141. The molecule has 4 heteroatoms. The number of hydrogen-bond acceptors (Lipinski definition) is 2. The minimum Gasteiger partial charge on any atom is -0.399 e. The van der Waals surface area contributed by atoms with Gasteiger partial charge in [0.15, 0.2) is 0 Å². The monoisotopic (exact) mass is 261 g/mol. The Morgan fingerprint density at radius 1 is 1.32 bits per heavy atom. The largest absolute Gasteiger partial charge is 0.399 e. The van der Waals surface area contributed by atoms with Crippen LogP contribution in [-0.2, 0) is 0 Å². The molecule has 0 spiro atoms. The van der Waals surface area contributed by atoms with E-state index >= 15 is 0 Å². The summed E-state index contributed by atoms with van der Waals surface area (Å²) in [5, 5.41) is 2.93. The van der Waals surface area contributed by atoms with Crippen molar-refractivity contribution < 1.29 is 4.79 Å². The molecule has 4 nitrogen and oxygen atoms in total. The third-order valence-electron chi connectivity index (χ3n) is 3.87. The topological polar surface area (TPSA) is 58.4 Å². The van der Waals surface area contributed by atoms with Crippen molar-refractivity contribution in [1.82, 2.24) is 4.90 Å². The summed E-state index contributed by atoms with van der Waals surface area (Å²) in [6.45, 7) is 3.95. The number of hydrogen-bond donors (Lipinski definition) is 2. The summed E-state index contributed by atoms with van der Waals surface area (Å²) in [7, 11) is 0. The van der Waals surface area contributed by atoms with Gasteiger partial charge >= 0.3 is 6.03 Å². The van der Waals surface area contributed by atoms with Crippen LogP contribution in [0.5, 0.6) is 0 Å². The molecule has 0 bridgehead atoms. The molecule has 0 radical (unpaired) electrons. The van der Waals surface area contributed by atoms with Crippen LogP contribution in [0.15, 0.2) is 24.3 Å². The molecule has 0 aromatic heterocycles. The lowest BCUT2D eigenvalue weighted by Crippen LogP contribution is -2.35. The maximum Gasteiger partial charge on any atom is 0.321 e. The first-order chi connectivity index (χ1) is 9.19. The number of anilines is 2. The molecule has 0 saturated carbocycles. The van der Waals surface area contributed by atoms with E-state index in [2.05, 4.69) is 12.2 Å². The zero-order chi connectivity index (χ0) is 13.7. The summed E-state index contributed by atoms with van der Waals surface area (Å²) >= 11 is 0. The number of carbonyl (C=O) groups excluding carboxylic acids is 1. The van der Waals surface area contributed by atoms with Gasteiger partial charge in [0.05, 0.1) is 0 Å². The molecule has 1 unspecified atom stereocenters. The predicted octanol–water partition coefficient (Wildman–Crippen LogP) is 3.31. The molecule has 1 aromatic carbocycles. The number of nitrogen functional groups attached to an aromatic ring is 1. The lowest BCUT2D eigenvalue weighted by atomic mass is 9.98. The molecule has 1 heterocycles. The highest BCUT2D eigenvalue weighted by Gasteiger charge is 2.19. The molecule has 2 rings (SSSR count). The van der Waals surface area contributed by atoms with Crippen molar-refractivity contribution >= 4 is 17.4 Å². The smallest absolute Gasteiger partial charge is 0.321 e.